The molecule has 0 unspecified atom stereocenters. The van der Waals surface area contributed by atoms with Crippen molar-refractivity contribution in [3.8, 4) is 17.8 Å². The Kier molecular flexibility index (Phi) is 7.49. The van der Waals surface area contributed by atoms with Crippen molar-refractivity contribution in [2.45, 2.75) is 19.5 Å². The molecule has 4 rings (SSSR count). The third-order valence-corrected chi connectivity index (χ3v) is 5.39. The monoisotopic (exact) mass is 546 g/mol. The van der Waals surface area contributed by atoms with Crippen LogP contribution in [0.2, 0.25) is 5.02 Å². The van der Waals surface area contributed by atoms with Gasteiger partial charge < -0.3 is 15.4 Å². The maximum atomic E-state index is 13.5. The number of anilines is 1. The molecule has 2 N–H and O–H groups in total. The second kappa shape index (κ2) is 10.8. The summed E-state index contributed by atoms with van der Waals surface area (Å²) in [7, 11) is 0. The van der Waals surface area contributed by atoms with Crippen LogP contribution in [0.3, 0.4) is 0 Å². The number of nitriles is 1. The number of ether oxygens (including phenoxy) is 1. The number of carbonyl (C=O) groups is 2. The van der Waals surface area contributed by atoms with Gasteiger partial charge in [0.15, 0.2) is 18.1 Å². The predicted octanol–water partition coefficient (Wildman–Crippen LogP) is 3.71. The van der Waals surface area contributed by atoms with Crippen LogP contribution in [0.25, 0.3) is 11.3 Å². The van der Waals surface area contributed by atoms with Crippen LogP contribution < -0.4 is 15.4 Å². The minimum Gasteiger partial charge on any atom is -0.467 e. The maximum absolute atomic E-state index is 13.5. The first kappa shape index (κ1) is 26.4. The number of alkyl halides is 3. The molecule has 0 atom stereocenters. The molecule has 0 aliphatic carbocycles. The minimum atomic E-state index is -4.64. The number of pyridine rings is 2. The summed E-state index contributed by atoms with van der Waals surface area (Å²) >= 11 is 6.20. The van der Waals surface area contributed by atoms with Gasteiger partial charge in [0, 0.05) is 18.8 Å². The van der Waals surface area contributed by atoms with Crippen molar-refractivity contribution in [2.75, 3.05) is 18.5 Å². The molecule has 4 heterocycles. The molecule has 15 heteroatoms. The van der Waals surface area contributed by atoms with Crippen LogP contribution in [0.15, 0.2) is 42.7 Å². The molecule has 0 aliphatic heterocycles. The smallest absolute Gasteiger partial charge is 0.422 e. The van der Waals surface area contributed by atoms with Gasteiger partial charge in [0.05, 0.1) is 34.9 Å². The number of hydrogen-bond acceptors (Lipinski definition) is 7. The largest absolute Gasteiger partial charge is 0.467 e. The molecule has 38 heavy (non-hydrogen) atoms. The summed E-state index contributed by atoms with van der Waals surface area (Å²) in [5, 5.41) is 22.2. The third kappa shape index (κ3) is 5.68. The summed E-state index contributed by atoms with van der Waals surface area (Å²) in [6.07, 6.45) is -1.75. The standard InChI is InChI=1S/C23H18ClF3N8O3/c1-13-10-14-5-9-31-34(14)19(22(37)30-8-3-6-28)18(13)32-21(36)16-11-17(38-12-23(25,26)27)33-35(16)20-15(24)4-2-7-29-20/h2,4-5,7,9-11H,3,8,12H2,1H3,(H,30,37)(H,32,36). The Morgan fingerprint density at radius 2 is 2.00 bits per heavy atom. The van der Waals surface area contributed by atoms with E-state index in [0.717, 1.165) is 10.7 Å². The highest BCUT2D eigenvalue weighted by atomic mass is 35.5. The first-order valence-corrected chi connectivity index (χ1v) is 11.3. The molecule has 2 amide bonds. The van der Waals surface area contributed by atoms with Gasteiger partial charge in [-0.25, -0.2) is 14.2 Å². The molecular formula is C23H18ClF3N8O3. The average molecular weight is 547 g/mol. The van der Waals surface area contributed by atoms with Crippen molar-refractivity contribution in [3.63, 3.8) is 0 Å². The molecule has 196 valence electrons. The Hall–Kier alpha value is -4.64. The molecule has 0 radical (unpaired) electrons. The molecule has 0 saturated heterocycles. The van der Waals surface area contributed by atoms with E-state index in [4.69, 9.17) is 21.6 Å². The summed E-state index contributed by atoms with van der Waals surface area (Å²) in [6.45, 7) is 0.0762. The van der Waals surface area contributed by atoms with Gasteiger partial charge in [-0.15, -0.1) is 5.10 Å². The van der Waals surface area contributed by atoms with E-state index >= 15 is 0 Å². The van der Waals surface area contributed by atoms with Gasteiger partial charge in [0.2, 0.25) is 5.88 Å². The molecule has 0 spiro atoms. The van der Waals surface area contributed by atoms with Gasteiger partial charge in [-0.3, -0.25) is 9.59 Å². The van der Waals surface area contributed by atoms with E-state index in [1.54, 1.807) is 19.1 Å². The van der Waals surface area contributed by atoms with E-state index < -0.39 is 30.5 Å². The SMILES string of the molecule is Cc1cc2ccnn2c(C(=O)NCCC#N)c1NC(=O)c1cc(OCC(F)(F)F)nn1-c1ncccc1Cl. The van der Waals surface area contributed by atoms with Gasteiger partial charge in [0.25, 0.3) is 11.8 Å². The second-order valence-corrected chi connectivity index (χ2v) is 8.24. The van der Waals surface area contributed by atoms with Crippen molar-refractivity contribution in [1.29, 1.82) is 5.26 Å². The number of nitrogens with one attached hydrogen (secondary N) is 2. The number of aryl methyl sites for hydroxylation is 1. The van der Waals surface area contributed by atoms with Crippen LogP contribution in [-0.4, -0.2) is 55.5 Å². The molecule has 11 nitrogen and oxygen atoms in total. The first-order valence-electron chi connectivity index (χ1n) is 10.9. The van der Waals surface area contributed by atoms with Crippen LogP contribution in [0.5, 0.6) is 5.88 Å². The number of nitrogens with zero attached hydrogens (tertiary/aromatic N) is 6. The van der Waals surface area contributed by atoms with Crippen LogP contribution in [0, 0.1) is 18.3 Å². The summed E-state index contributed by atoms with van der Waals surface area (Å²) in [4.78, 5) is 30.6. The molecule has 0 fully saturated rings. The quantitative estimate of drug-likeness (QED) is 0.321. The number of rotatable bonds is 8. The second-order valence-electron chi connectivity index (χ2n) is 7.83. The Morgan fingerprint density at radius 1 is 1.21 bits per heavy atom. The Labute approximate surface area is 217 Å². The molecule has 4 aromatic rings. The highest BCUT2D eigenvalue weighted by molar-refractivity contribution is 6.32. The van der Waals surface area contributed by atoms with Crippen molar-refractivity contribution in [3.05, 3.63) is 64.7 Å². The van der Waals surface area contributed by atoms with Crippen LogP contribution in [0.4, 0.5) is 18.9 Å². The molecule has 0 saturated carbocycles. The molecular weight excluding hydrogens is 529 g/mol. The predicted molar refractivity (Wildman–Crippen MR) is 128 cm³/mol. The minimum absolute atomic E-state index is 0.0215. The van der Waals surface area contributed by atoms with E-state index in [1.165, 1.54) is 29.0 Å². The number of fused-ring (bicyclic) bond motifs is 1. The van der Waals surface area contributed by atoms with Crippen molar-refractivity contribution < 1.29 is 27.5 Å². The molecule has 0 aromatic carbocycles. The third-order valence-electron chi connectivity index (χ3n) is 5.10. The number of amides is 2. The van der Waals surface area contributed by atoms with Gasteiger partial charge in [0.1, 0.15) is 5.69 Å². The summed E-state index contributed by atoms with van der Waals surface area (Å²) in [5.41, 5.74) is 0.856. The fourth-order valence-corrected chi connectivity index (χ4v) is 3.70. The van der Waals surface area contributed by atoms with E-state index in [1.807, 2.05) is 6.07 Å². The highest BCUT2D eigenvalue weighted by Gasteiger charge is 2.30. The summed E-state index contributed by atoms with van der Waals surface area (Å²) < 4.78 is 45.2. The van der Waals surface area contributed by atoms with Gasteiger partial charge in [-0.05, 0) is 36.8 Å². The normalized spacial score (nSPS) is 11.3. The molecule has 0 aliphatic rings. The lowest BCUT2D eigenvalue weighted by Gasteiger charge is -2.16. The summed E-state index contributed by atoms with van der Waals surface area (Å²) in [6, 6.07) is 9.24. The zero-order chi connectivity index (χ0) is 27.4. The van der Waals surface area contributed by atoms with Gasteiger partial charge in [-0.2, -0.15) is 23.5 Å². The lowest BCUT2D eigenvalue weighted by atomic mass is 10.1. The first-order chi connectivity index (χ1) is 18.1. The van der Waals surface area contributed by atoms with Gasteiger partial charge >= 0.3 is 6.18 Å². The molecule has 0 bridgehead atoms. The van der Waals surface area contributed by atoms with E-state index in [-0.39, 0.29) is 40.9 Å². The van der Waals surface area contributed by atoms with Crippen LogP contribution in [0.1, 0.15) is 33.0 Å². The van der Waals surface area contributed by atoms with Crippen molar-refractivity contribution in [1.82, 2.24) is 29.7 Å². The van der Waals surface area contributed by atoms with Crippen molar-refractivity contribution >= 4 is 34.6 Å². The van der Waals surface area contributed by atoms with E-state index in [2.05, 4.69) is 25.8 Å². The Balaban J connectivity index is 1.76. The molecule has 4 aromatic heterocycles. The number of aromatic nitrogens is 5. The Bertz CT molecular complexity index is 1560. The number of hydrogen-bond donors (Lipinski definition) is 2. The fraction of sp³-hybridized carbons (Fsp3) is 0.217. The van der Waals surface area contributed by atoms with Gasteiger partial charge in [-0.1, -0.05) is 11.6 Å². The fourth-order valence-electron chi connectivity index (χ4n) is 3.50. The van der Waals surface area contributed by atoms with Crippen LogP contribution >= 0.6 is 11.6 Å². The zero-order valence-corrected chi connectivity index (χ0v) is 20.3. The average Bonchev–Trinajstić information content (AvgIpc) is 3.50. The topological polar surface area (TPSA) is 139 Å². The lowest BCUT2D eigenvalue weighted by Crippen LogP contribution is -2.29. The zero-order valence-electron chi connectivity index (χ0n) is 19.6. The lowest BCUT2D eigenvalue weighted by molar-refractivity contribution is -0.154. The number of carbonyl (C=O) groups excluding carboxylic acids is 2. The number of halogens is 4. The summed E-state index contributed by atoms with van der Waals surface area (Å²) in [5.74, 6) is -1.98. The van der Waals surface area contributed by atoms with Crippen LogP contribution in [-0.2, 0) is 0 Å². The maximum Gasteiger partial charge on any atom is 0.422 e. The van der Waals surface area contributed by atoms with E-state index in [0.29, 0.717) is 11.1 Å². The Morgan fingerprint density at radius 3 is 2.71 bits per heavy atom. The van der Waals surface area contributed by atoms with E-state index in [9.17, 15) is 22.8 Å². The highest BCUT2D eigenvalue weighted by Crippen LogP contribution is 2.27. The van der Waals surface area contributed by atoms with Crippen molar-refractivity contribution in [2.24, 2.45) is 0 Å².